The van der Waals surface area contributed by atoms with Crippen LogP contribution in [0.3, 0.4) is 0 Å². The fraction of sp³-hybridized carbons (Fsp3) is 0.222. The van der Waals surface area contributed by atoms with E-state index in [9.17, 15) is 0 Å². The van der Waals surface area contributed by atoms with Gasteiger partial charge in [0.25, 0.3) is 0 Å². The Labute approximate surface area is 197 Å². The van der Waals surface area contributed by atoms with Crippen molar-refractivity contribution >= 4 is 10.9 Å². The number of hydrogen-bond donors (Lipinski definition) is 2. The van der Waals surface area contributed by atoms with Crippen LogP contribution in [0.2, 0.25) is 0 Å². The molecule has 34 heavy (non-hydrogen) atoms. The van der Waals surface area contributed by atoms with Gasteiger partial charge in [0.15, 0.2) is 0 Å². The minimum absolute atomic E-state index is 0.675. The van der Waals surface area contributed by atoms with Crippen molar-refractivity contribution < 1.29 is 4.74 Å². The molecule has 0 radical (unpaired) electrons. The highest BCUT2D eigenvalue weighted by molar-refractivity contribution is 5.98. The first-order chi connectivity index (χ1) is 16.8. The molecule has 5 heterocycles. The predicted molar refractivity (Wildman–Crippen MR) is 134 cm³/mol. The van der Waals surface area contributed by atoms with Crippen molar-refractivity contribution in [3.05, 3.63) is 73.3 Å². The van der Waals surface area contributed by atoms with Crippen molar-refractivity contribution in [2.75, 3.05) is 26.2 Å². The number of rotatable bonds is 7. The van der Waals surface area contributed by atoms with E-state index in [1.165, 1.54) is 31.5 Å². The zero-order chi connectivity index (χ0) is 22.7. The highest BCUT2D eigenvalue weighted by atomic mass is 16.5. The van der Waals surface area contributed by atoms with Crippen LogP contribution in [0.25, 0.3) is 44.7 Å². The number of ether oxygens (including phenoxy) is 1. The topological polar surface area (TPSA) is 82.7 Å². The van der Waals surface area contributed by atoms with Crippen LogP contribution in [-0.4, -0.2) is 56.3 Å². The smallest absolute Gasteiger partial charge is 0.138 e. The molecule has 0 saturated carbocycles. The molecule has 6 rings (SSSR count). The molecule has 1 saturated heterocycles. The van der Waals surface area contributed by atoms with Crippen LogP contribution in [0.4, 0.5) is 0 Å². The van der Waals surface area contributed by atoms with Crippen LogP contribution in [0.5, 0.6) is 5.75 Å². The fourth-order valence-electron chi connectivity index (χ4n) is 4.63. The van der Waals surface area contributed by atoms with E-state index in [-0.39, 0.29) is 0 Å². The summed E-state index contributed by atoms with van der Waals surface area (Å²) in [6.07, 6.45) is 9.82. The lowest BCUT2D eigenvalue weighted by molar-refractivity contribution is 0.237. The number of likely N-dealkylation sites (tertiary alicyclic amines) is 1. The number of hydrogen-bond acceptors (Lipinski definition) is 5. The van der Waals surface area contributed by atoms with Gasteiger partial charge in [0, 0.05) is 41.6 Å². The van der Waals surface area contributed by atoms with Crippen LogP contribution < -0.4 is 4.74 Å². The molecule has 1 fully saturated rings. The monoisotopic (exact) mass is 450 g/mol. The van der Waals surface area contributed by atoms with Gasteiger partial charge in [-0.2, -0.15) is 5.10 Å². The first kappa shape index (κ1) is 20.6. The van der Waals surface area contributed by atoms with Crippen LogP contribution in [0, 0.1) is 0 Å². The van der Waals surface area contributed by atoms with Gasteiger partial charge < -0.3 is 9.72 Å². The summed E-state index contributed by atoms with van der Waals surface area (Å²) in [5.74, 6) is 0.778. The number of nitrogens with zero attached hydrogens (tertiary/aromatic N) is 4. The van der Waals surface area contributed by atoms with Crippen molar-refractivity contribution in [3.63, 3.8) is 0 Å². The summed E-state index contributed by atoms with van der Waals surface area (Å²) in [7, 11) is 0. The maximum Gasteiger partial charge on any atom is 0.138 e. The Morgan fingerprint density at radius 1 is 0.882 bits per heavy atom. The van der Waals surface area contributed by atoms with E-state index in [1.54, 1.807) is 6.20 Å². The SMILES string of the molecule is c1cc(-c2ccncc2)c2cc(-c3cc(-c4cncc(OCCN5CCCC5)c4)[nH]n3)[nH]c2c1. The van der Waals surface area contributed by atoms with E-state index < -0.39 is 0 Å². The molecule has 0 atom stereocenters. The third kappa shape index (κ3) is 4.18. The number of pyridine rings is 2. The predicted octanol–water partition coefficient (Wildman–Crippen LogP) is 5.16. The van der Waals surface area contributed by atoms with Gasteiger partial charge in [0.05, 0.1) is 17.6 Å². The summed E-state index contributed by atoms with van der Waals surface area (Å²) >= 11 is 0. The molecule has 0 amide bonds. The zero-order valence-corrected chi connectivity index (χ0v) is 18.9. The minimum Gasteiger partial charge on any atom is -0.491 e. The second kappa shape index (κ2) is 9.11. The molecule has 5 aromatic rings. The number of H-pyrrole nitrogens is 2. The number of fused-ring (bicyclic) bond motifs is 1. The van der Waals surface area contributed by atoms with Gasteiger partial charge in [-0.15, -0.1) is 0 Å². The molecule has 1 aliphatic rings. The lowest BCUT2D eigenvalue weighted by Gasteiger charge is -2.14. The summed E-state index contributed by atoms with van der Waals surface area (Å²) in [5.41, 5.74) is 7.05. The Hall–Kier alpha value is -3.97. The fourth-order valence-corrected chi connectivity index (χ4v) is 4.63. The second-order valence-corrected chi connectivity index (χ2v) is 8.66. The first-order valence-corrected chi connectivity index (χ1v) is 11.7. The average Bonchev–Trinajstić information content (AvgIpc) is 3.65. The van der Waals surface area contributed by atoms with E-state index in [4.69, 9.17) is 4.74 Å². The summed E-state index contributed by atoms with van der Waals surface area (Å²) in [6, 6.07) is 16.6. The molecule has 1 aromatic carbocycles. The molecule has 2 N–H and O–H groups in total. The highest BCUT2D eigenvalue weighted by Gasteiger charge is 2.13. The zero-order valence-electron chi connectivity index (χ0n) is 18.9. The van der Waals surface area contributed by atoms with Crippen molar-refractivity contribution in [1.29, 1.82) is 0 Å². The Bertz CT molecular complexity index is 1400. The average molecular weight is 451 g/mol. The van der Waals surface area contributed by atoms with E-state index in [0.717, 1.165) is 51.4 Å². The van der Waals surface area contributed by atoms with Crippen molar-refractivity contribution in [1.82, 2.24) is 30.0 Å². The van der Waals surface area contributed by atoms with E-state index in [2.05, 4.69) is 54.3 Å². The maximum atomic E-state index is 5.97. The van der Waals surface area contributed by atoms with E-state index >= 15 is 0 Å². The molecule has 7 nitrogen and oxygen atoms in total. The van der Waals surface area contributed by atoms with Crippen LogP contribution in [0.15, 0.2) is 73.3 Å². The number of nitrogens with one attached hydrogen (secondary N) is 2. The lowest BCUT2D eigenvalue weighted by Crippen LogP contribution is -2.25. The summed E-state index contributed by atoms with van der Waals surface area (Å²) < 4.78 is 5.97. The van der Waals surface area contributed by atoms with Gasteiger partial charge in [-0.3, -0.25) is 20.0 Å². The molecule has 0 bridgehead atoms. The van der Waals surface area contributed by atoms with Gasteiger partial charge in [-0.05, 0) is 73.5 Å². The molecule has 7 heteroatoms. The van der Waals surface area contributed by atoms with Crippen molar-refractivity contribution in [3.8, 4) is 39.5 Å². The molecule has 1 aliphatic heterocycles. The molecule has 170 valence electrons. The Morgan fingerprint density at radius 2 is 1.76 bits per heavy atom. The van der Waals surface area contributed by atoms with Crippen LogP contribution in [0.1, 0.15) is 12.8 Å². The van der Waals surface area contributed by atoms with E-state index in [1.807, 2.05) is 42.9 Å². The Balaban J connectivity index is 1.23. The molecule has 0 unspecified atom stereocenters. The quantitative estimate of drug-likeness (QED) is 0.358. The Morgan fingerprint density at radius 3 is 2.65 bits per heavy atom. The maximum absolute atomic E-state index is 5.97. The Kier molecular flexibility index (Phi) is 5.53. The third-order valence-corrected chi connectivity index (χ3v) is 6.41. The minimum atomic E-state index is 0.675. The standard InChI is InChI=1S/C27H26N6O/c1-2-11-33(10-1)12-13-34-21-14-20(17-29-18-21)25-16-27(32-31-25)26-15-23-22(4-3-5-24(23)30-26)19-6-8-28-9-7-19/h3-9,14-18,30H,1-2,10-13H2,(H,31,32). The summed E-state index contributed by atoms with van der Waals surface area (Å²) in [6.45, 7) is 3.99. The van der Waals surface area contributed by atoms with Gasteiger partial charge in [-0.1, -0.05) is 12.1 Å². The number of benzene rings is 1. The molecule has 0 spiro atoms. The van der Waals surface area contributed by atoms with Crippen molar-refractivity contribution in [2.24, 2.45) is 0 Å². The van der Waals surface area contributed by atoms with Crippen LogP contribution in [-0.2, 0) is 0 Å². The van der Waals surface area contributed by atoms with Gasteiger partial charge in [0.1, 0.15) is 18.1 Å². The second-order valence-electron chi connectivity index (χ2n) is 8.66. The molecule has 4 aromatic heterocycles. The van der Waals surface area contributed by atoms with Crippen LogP contribution >= 0.6 is 0 Å². The lowest BCUT2D eigenvalue weighted by atomic mass is 10.0. The summed E-state index contributed by atoms with van der Waals surface area (Å²) in [4.78, 5) is 14.5. The number of aromatic nitrogens is 5. The number of aromatic amines is 2. The normalized spacial score (nSPS) is 14.1. The van der Waals surface area contributed by atoms with Gasteiger partial charge in [-0.25, -0.2) is 0 Å². The first-order valence-electron chi connectivity index (χ1n) is 11.7. The largest absolute Gasteiger partial charge is 0.491 e. The molecular weight excluding hydrogens is 424 g/mol. The third-order valence-electron chi connectivity index (χ3n) is 6.41. The van der Waals surface area contributed by atoms with E-state index in [0.29, 0.717) is 6.61 Å². The van der Waals surface area contributed by atoms with Gasteiger partial charge in [0.2, 0.25) is 0 Å². The van der Waals surface area contributed by atoms with Gasteiger partial charge >= 0.3 is 0 Å². The molecule has 0 aliphatic carbocycles. The summed E-state index contributed by atoms with van der Waals surface area (Å²) in [5, 5.41) is 8.88. The highest BCUT2D eigenvalue weighted by Crippen LogP contribution is 2.32. The molecular formula is C27H26N6O. The van der Waals surface area contributed by atoms with Crippen molar-refractivity contribution in [2.45, 2.75) is 12.8 Å².